The van der Waals surface area contributed by atoms with Gasteiger partial charge in [0.15, 0.2) is 0 Å². The third kappa shape index (κ3) is 1.99. The molecule has 1 atom stereocenters. The fourth-order valence-electron chi connectivity index (χ4n) is 3.10. The molecule has 118 valence electrons. The van der Waals surface area contributed by atoms with Gasteiger partial charge in [0, 0.05) is 28.9 Å². The minimum atomic E-state index is -0.347. The summed E-state index contributed by atoms with van der Waals surface area (Å²) in [5, 5.41) is 10.5. The van der Waals surface area contributed by atoms with Gasteiger partial charge >= 0.3 is 0 Å². The van der Waals surface area contributed by atoms with Gasteiger partial charge in [-0.1, -0.05) is 6.07 Å². The maximum Gasteiger partial charge on any atom is 0.205 e. The lowest BCUT2D eigenvalue weighted by Crippen LogP contribution is -2.21. The molecule has 6 heteroatoms. The molecule has 1 aromatic carbocycles. The third-order valence-corrected chi connectivity index (χ3v) is 4.22. The molecule has 3 heterocycles. The molecule has 0 spiro atoms. The van der Waals surface area contributed by atoms with E-state index in [0.29, 0.717) is 17.1 Å². The molecule has 3 aromatic rings. The van der Waals surface area contributed by atoms with Gasteiger partial charge < -0.3 is 20.2 Å². The zero-order chi connectivity index (χ0) is 16.7. The van der Waals surface area contributed by atoms with Crippen LogP contribution < -0.4 is 15.2 Å². The summed E-state index contributed by atoms with van der Waals surface area (Å²) in [6, 6.07) is 9.88. The van der Waals surface area contributed by atoms with Crippen molar-refractivity contribution in [3.63, 3.8) is 0 Å². The molecule has 1 aliphatic rings. The van der Waals surface area contributed by atoms with Gasteiger partial charge in [0.2, 0.25) is 5.88 Å². The van der Waals surface area contributed by atoms with E-state index in [0.717, 1.165) is 22.0 Å². The predicted molar refractivity (Wildman–Crippen MR) is 88.4 cm³/mol. The zero-order valence-corrected chi connectivity index (χ0v) is 12.9. The van der Waals surface area contributed by atoms with Gasteiger partial charge in [-0.3, -0.25) is 4.98 Å². The molecule has 0 saturated carbocycles. The molecular weight excluding hydrogens is 304 g/mol. The highest BCUT2D eigenvalue weighted by atomic mass is 16.5. The van der Waals surface area contributed by atoms with Gasteiger partial charge in [-0.15, -0.1) is 0 Å². The first-order valence-electron chi connectivity index (χ1n) is 7.39. The highest BCUT2D eigenvalue weighted by molar-refractivity contribution is 5.88. The van der Waals surface area contributed by atoms with E-state index in [1.54, 1.807) is 19.5 Å². The van der Waals surface area contributed by atoms with Crippen LogP contribution >= 0.6 is 0 Å². The third-order valence-electron chi connectivity index (χ3n) is 4.22. The second-order valence-electron chi connectivity index (χ2n) is 5.51. The number of nitrogens with zero attached hydrogens (tertiary/aromatic N) is 2. The molecule has 0 amide bonds. The molecule has 0 fully saturated rings. The van der Waals surface area contributed by atoms with Crippen molar-refractivity contribution in [2.75, 3.05) is 7.11 Å². The number of pyridine rings is 1. The van der Waals surface area contributed by atoms with Crippen molar-refractivity contribution in [3.8, 4) is 17.6 Å². The summed E-state index contributed by atoms with van der Waals surface area (Å²) in [7, 11) is 1.58. The second-order valence-corrected chi connectivity index (χ2v) is 5.51. The molecule has 4 rings (SSSR count). The van der Waals surface area contributed by atoms with Crippen LogP contribution in [0, 0.1) is 11.3 Å². The van der Waals surface area contributed by atoms with Crippen molar-refractivity contribution in [3.05, 3.63) is 65.4 Å². The fraction of sp³-hybridized carbons (Fsp3) is 0.111. The lowest BCUT2D eigenvalue weighted by atomic mass is 9.83. The summed E-state index contributed by atoms with van der Waals surface area (Å²) in [5.41, 5.74) is 9.06. The number of ether oxygens (including phenoxy) is 2. The van der Waals surface area contributed by atoms with Crippen molar-refractivity contribution in [1.29, 1.82) is 5.26 Å². The molecule has 3 N–H and O–H groups in total. The number of nitriles is 1. The van der Waals surface area contributed by atoms with Crippen molar-refractivity contribution in [1.82, 2.24) is 9.97 Å². The summed E-state index contributed by atoms with van der Waals surface area (Å²) in [6.07, 6.45) is 5.18. The Morgan fingerprint density at radius 2 is 2.21 bits per heavy atom. The van der Waals surface area contributed by atoms with Gasteiger partial charge in [0.1, 0.15) is 23.1 Å². The predicted octanol–water partition coefficient (Wildman–Crippen LogP) is 2.79. The maximum atomic E-state index is 9.59. The molecule has 0 saturated heterocycles. The quantitative estimate of drug-likeness (QED) is 0.757. The minimum Gasteiger partial charge on any atom is -0.495 e. The first kappa shape index (κ1) is 14.2. The van der Waals surface area contributed by atoms with Crippen LogP contribution in [-0.4, -0.2) is 17.1 Å². The first-order chi connectivity index (χ1) is 11.7. The van der Waals surface area contributed by atoms with Crippen molar-refractivity contribution in [2.45, 2.75) is 5.92 Å². The Morgan fingerprint density at radius 1 is 1.33 bits per heavy atom. The largest absolute Gasteiger partial charge is 0.495 e. The molecule has 1 unspecified atom stereocenters. The Kier molecular flexibility index (Phi) is 3.14. The average molecular weight is 318 g/mol. The van der Waals surface area contributed by atoms with Crippen LogP contribution in [0.4, 0.5) is 0 Å². The monoisotopic (exact) mass is 318 g/mol. The van der Waals surface area contributed by atoms with E-state index in [1.165, 1.54) is 0 Å². The Balaban J connectivity index is 1.99. The van der Waals surface area contributed by atoms with E-state index in [4.69, 9.17) is 15.2 Å². The molecule has 0 aliphatic carbocycles. The summed E-state index contributed by atoms with van der Waals surface area (Å²) < 4.78 is 11.0. The van der Waals surface area contributed by atoms with Crippen LogP contribution in [0.15, 0.2) is 54.3 Å². The summed E-state index contributed by atoms with van der Waals surface area (Å²) in [4.78, 5) is 7.35. The Bertz CT molecular complexity index is 1010. The first-order valence-corrected chi connectivity index (χ1v) is 7.39. The average Bonchev–Trinajstić information content (AvgIpc) is 3.09. The van der Waals surface area contributed by atoms with E-state index < -0.39 is 0 Å². The highest BCUT2D eigenvalue weighted by Gasteiger charge is 2.32. The number of aromatic nitrogens is 2. The number of benzene rings is 1. The van der Waals surface area contributed by atoms with E-state index in [9.17, 15) is 5.26 Å². The van der Waals surface area contributed by atoms with Crippen LogP contribution in [0.2, 0.25) is 0 Å². The molecule has 24 heavy (non-hydrogen) atoms. The van der Waals surface area contributed by atoms with Crippen LogP contribution in [-0.2, 0) is 0 Å². The van der Waals surface area contributed by atoms with Gasteiger partial charge in [0.25, 0.3) is 0 Å². The Hall–Kier alpha value is -3.46. The number of nitrogens with two attached hydrogens (primary N) is 1. The number of methoxy groups -OCH3 is 1. The summed E-state index contributed by atoms with van der Waals surface area (Å²) in [6.45, 7) is 0. The van der Waals surface area contributed by atoms with Gasteiger partial charge in [-0.25, -0.2) is 0 Å². The van der Waals surface area contributed by atoms with Crippen molar-refractivity contribution < 1.29 is 9.47 Å². The summed E-state index contributed by atoms with van der Waals surface area (Å²) >= 11 is 0. The number of fused-ring (bicyclic) bond motifs is 3. The standard InChI is InChI=1S/C18H14N4O2/c1-23-11-6-10(8-21-9-11)16-13-2-3-15-12(4-5-22-15)17(13)24-18(20)14(16)7-19/h2-6,8-9,16,22H,20H2,1H3. The SMILES string of the molecule is COc1cncc(C2C(C#N)=C(N)Oc3c2ccc2[nH]ccc32)c1. The number of allylic oxidation sites excluding steroid dienone is 1. The maximum absolute atomic E-state index is 9.59. The van der Waals surface area contributed by atoms with Gasteiger partial charge in [-0.2, -0.15) is 5.26 Å². The smallest absolute Gasteiger partial charge is 0.205 e. The molecule has 1 aliphatic heterocycles. The van der Waals surface area contributed by atoms with Crippen LogP contribution in [0.1, 0.15) is 17.0 Å². The number of aromatic amines is 1. The Labute approximate surface area is 138 Å². The van der Waals surface area contributed by atoms with Crippen LogP contribution in [0.5, 0.6) is 11.5 Å². The normalized spacial score (nSPS) is 16.4. The molecule has 0 radical (unpaired) electrons. The van der Waals surface area contributed by atoms with Crippen molar-refractivity contribution in [2.24, 2.45) is 5.73 Å². The van der Waals surface area contributed by atoms with Crippen LogP contribution in [0.25, 0.3) is 10.9 Å². The molecule has 2 aromatic heterocycles. The fourth-order valence-corrected chi connectivity index (χ4v) is 3.10. The minimum absolute atomic E-state index is 0.117. The van der Waals surface area contributed by atoms with Gasteiger partial charge in [-0.05, 0) is 23.8 Å². The number of hydrogen-bond acceptors (Lipinski definition) is 5. The highest BCUT2D eigenvalue weighted by Crippen LogP contribution is 2.45. The van der Waals surface area contributed by atoms with E-state index in [-0.39, 0.29) is 11.8 Å². The number of nitrogens with one attached hydrogen (secondary N) is 1. The lowest BCUT2D eigenvalue weighted by molar-refractivity contribution is 0.397. The topological polar surface area (TPSA) is 96.9 Å². The summed E-state index contributed by atoms with van der Waals surface area (Å²) in [5.74, 6) is 1.06. The number of H-pyrrole nitrogens is 1. The number of hydrogen-bond donors (Lipinski definition) is 2. The van der Waals surface area contributed by atoms with E-state index in [2.05, 4.69) is 16.0 Å². The Morgan fingerprint density at radius 3 is 3.00 bits per heavy atom. The number of rotatable bonds is 2. The second kappa shape index (κ2) is 5.32. The molecular formula is C18H14N4O2. The zero-order valence-electron chi connectivity index (χ0n) is 12.9. The van der Waals surface area contributed by atoms with E-state index >= 15 is 0 Å². The van der Waals surface area contributed by atoms with Gasteiger partial charge in [0.05, 0.1) is 19.2 Å². The molecule has 6 nitrogen and oxygen atoms in total. The van der Waals surface area contributed by atoms with Crippen molar-refractivity contribution >= 4 is 10.9 Å². The van der Waals surface area contributed by atoms with E-state index in [1.807, 2.05) is 30.5 Å². The lowest BCUT2D eigenvalue weighted by Gasteiger charge is -2.26. The van der Waals surface area contributed by atoms with Crippen LogP contribution in [0.3, 0.4) is 0 Å². The molecule has 0 bridgehead atoms.